The molecule has 0 aliphatic heterocycles. The van der Waals surface area contributed by atoms with Gasteiger partial charge in [-0.25, -0.2) is 9.18 Å². The third-order valence-electron chi connectivity index (χ3n) is 4.24. The quantitative estimate of drug-likeness (QED) is 0.614. The van der Waals surface area contributed by atoms with Gasteiger partial charge in [-0.2, -0.15) is 0 Å². The molecule has 0 saturated heterocycles. The molecule has 3 rings (SSSR count). The van der Waals surface area contributed by atoms with Crippen LogP contribution in [0.25, 0.3) is 11.6 Å². The van der Waals surface area contributed by atoms with Gasteiger partial charge in [-0.1, -0.05) is 31.0 Å². The van der Waals surface area contributed by atoms with E-state index in [4.69, 9.17) is 4.74 Å². The number of benzene rings is 1. The van der Waals surface area contributed by atoms with Gasteiger partial charge in [-0.05, 0) is 48.1 Å². The molecule has 26 heavy (non-hydrogen) atoms. The molecule has 4 nitrogen and oxygen atoms in total. The van der Waals surface area contributed by atoms with Crippen LogP contribution >= 0.6 is 11.3 Å². The molecule has 1 aromatic carbocycles. The van der Waals surface area contributed by atoms with Crippen LogP contribution in [-0.4, -0.2) is 24.5 Å². The second-order valence-electron chi connectivity index (χ2n) is 6.21. The summed E-state index contributed by atoms with van der Waals surface area (Å²) < 4.78 is 18.3. The van der Waals surface area contributed by atoms with Crippen LogP contribution in [0, 0.1) is 5.82 Å². The zero-order chi connectivity index (χ0) is 18.4. The van der Waals surface area contributed by atoms with Crippen molar-refractivity contribution in [2.75, 3.05) is 6.61 Å². The van der Waals surface area contributed by atoms with E-state index in [1.165, 1.54) is 23.5 Å². The van der Waals surface area contributed by atoms with Crippen molar-refractivity contribution in [1.29, 1.82) is 0 Å². The second kappa shape index (κ2) is 8.76. The van der Waals surface area contributed by atoms with Gasteiger partial charge in [-0.3, -0.25) is 4.79 Å². The number of hydrogen-bond acceptors (Lipinski definition) is 4. The predicted molar refractivity (Wildman–Crippen MR) is 99.9 cm³/mol. The summed E-state index contributed by atoms with van der Waals surface area (Å²) in [5, 5.41) is 4.74. The van der Waals surface area contributed by atoms with Gasteiger partial charge in [-0.15, -0.1) is 11.3 Å². The zero-order valence-corrected chi connectivity index (χ0v) is 15.1. The van der Waals surface area contributed by atoms with E-state index < -0.39 is 5.97 Å². The van der Waals surface area contributed by atoms with Gasteiger partial charge in [0, 0.05) is 10.9 Å². The Hall–Kier alpha value is -2.47. The van der Waals surface area contributed by atoms with E-state index in [0.717, 1.165) is 30.6 Å². The fraction of sp³-hybridized carbons (Fsp3) is 0.300. The Kier molecular flexibility index (Phi) is 6.17. The molecular weight excluding hydrogens is 353 g/mol. The second-order valence-corrected chi connectivity index (χ2v) is 7.16. The Morgan fingerprint density at radius 2 is 1.92 bits per heavy atom. The molecule has 1 aromatic heterocycles. The summed E-state index contributed by atoms with van der Waals surface area (Å²) in [6.07, 6.45) is 5.83. The molecule has 1 amide bonds. The average Bonchev–Trinajstić information content (AvgIpc) is 3.33. The van der Waals surface area contributed by atoms with Crippen LogP contribution in [0.15, 0.2) is 41.8 Å². The van der Waals surface area contributed by atoms with Gasteiger partial charge in [0.2, 0.25) is 0 Å². The first-order valence-corrected chi connectivity index (χ1v) is 9.47. The molecule has 1 fully saturated rings. The Morgan fingerprint density at radius 1 is 1.19 bits per heavy atom. The van der Waals surface area contributed by atoms with Gasteiger partial charge < -0.3 is 10.1 Å². The summed E-state index contributed by atoms with van der Waals surface area (Å²) in [6, 6.07) is 9.66. The molecule has 6 heteroatoms. The largest absolute Gasteiger partial charge is 0.452 e. The smallest absolute Gasteiger partial charge is 0.340 e. The molecule has 2 aromatic rings. The average molecular weight is 373 g/mol. The van der Waals surface area contributed by atoms with Crippen LogP contribution in [0.1, 0.15) is 36.1 Å². The molecule has 0 radical (unpaired) electrons. The molecule has 1 heterocycles. The molecule has 136 valence electrons. The Labute approximate surface area is 155 Å². The molecule has 1 N–H and O–H groups in total. The van der Waals surface area contributed by atoms with E-state index in [2.05, 4.69) is 5.32 Å². The first kappa shape index (κ1) is 18.3. The molecule has 1 saturated carbocycles. The highest BCUT2D eigenvalue weighted by Crippen LogP contribution is 2.24. The third-order valence-corrected chi connectivity index (χ3v) is 5.15. The van der Waals surface area contributed by atoms with Crippen LogP contribution in [-0.2, 0) is 14.3 Å². The number of nitrogens with one attached hydrogen (secondary N) is 1. The van der Waals surface area contributed by atoms with Crippen molar-refractivity contribution in [3.63, 3.8) is 0 Å². The van der Waals surface area contributed by atoms with Crippen LogP contribution < -0.4 is 5.32 Å². The summed E-state index contributed by atoms with van der Waals surface area (Å²) in [5.74, 6) is -1.19. The van der Waals surface area contributed by atoms with E-state index in [-0.39, 0.29) is 24.4 Å². The fourth-order valence-electron chi connectivity index (χ4n) is 2.94. The van der Waals surface area contributed by atoms with E-state index in [0.29, 0.717) is 11.1 Å². The number of rotatable bonds is 6. The van der Waals surface area contributed by atoms with Crippen molar-refractivity contribution in [2.24, 2.45) is 0 Å². The lowest BCUT2D eigenvalue weighted by Crippen LogP contribution is -2.35. The highest BCUT2D eigenvalue weighted by Gasteiger charge is 2.20. The minimum atomic E-state index is -0.571. The van der Waals surface area contributed by atoms with E-state index in [1.807, 2.05) is 11.4 Å². The summed E-state index contributed by atoms with van der Waals surface area (Å²) >= 11 is 1.40. The molecule has 1 aliphatic rings. The van der Waals surface area contributed by atoms with Crippen LogP contribution in [0.3, 0.4) is 0 Å². The molecule has 1 aliphatic carbocycles. The Bertz CT molecular complexity index is 778. The normalized spacial score (nSPS) is 15.0. The maximum Gasteiger partial charge on any atom is 0.340 e. The van der Waals surface area contributed by atoms with Crippen LogP contribution in [0.2, 0.25) is 0 Å². The van der Waals surface area contributed by atoms with Gasteiger partial charge >= 0.3 is 5.97 Å². The number of hydrogen-bond donors (Lipinski definition) is 1. The van der Waals surface area contributed by atoms with E-state index >= 15 is 0 Å². The van der Waals surface area contributed by atoms with Crippen molar-refractivity contribution in [2.45, 2.75) is 31.7 Å². The summed E-state index contributed by atoms with van der Waals surface area (Å²) in [7, 11) is 0. The first-order valence-electron chi connectivity index (χ1n) is 8.59. The zero-order valence-electron chi connectivity index (χ0n) is 14.2. The number of carbonyl (C=O) groups is 2. The molecular formula is C20H20FNO3S. The molecule has 0 spiro atoms. The van der Waals surface area contributed by atoms with Gasteiger partial charge in [0.05, 0.1) is 5.57 Å². The molecule has 0 bridgehead atoms. The first-order chi connectivity index (χ1) is 12.6. The van der Waals surface area contributed by atoms with Crippen molar-refractivity contribution in [3.05, 3.63) is 58.0 Å². The number of thiophene rings is 1. The lowest BCUT2D eigenvalue weighted by atomic mass is 10.1. The van der Waals surface area contributed by atoms with Crippen molar-refractivity contribution in [1.82, 2.24) is 5.32 Å². The summed E-state index contributed by atoms with van der Waals surface area (Å²) in [4.78, 5) is 25.2. The fourth-order valence-corrected chi connectivity index (χ4v) is 3.67. The Morgan fingerprint density at radius 3 is 2.58 bits per heavy atom. The lowest BCUT2D eigenvalue weighted by molar-refractivity contribution is -0.143. The van der Waals surface area contributed by atoms with Crippen molar-refractivity contribution < 1.29 is 18.7 Å². The number of ether oxygens (including phenoxy) is 1. The predicted octanol–water partition coefficient (Wildman–Crippen LogP) is 4.03. The molecule has 0 atom stereocenters. The van der Waals surface area contributed by atoms with Crippen LogP contribution in [0.5, 0.6) is 0 Å². The number of esters is 1. The van der Waals surface area contributed by atoms with Crippen molar-refractivity contribution >= 4 is 34.9 Å². The van der Waals surface area contributed by atoms with Crippen LogP contribution in [0.4, 0.5) is 4.39 Å². The van der Waals surface area contributed by atoms with Crippen molar-refractivity contribution in [3.8, 4) is 0 Å². The van der Waals surface area contributed by atoms with Gasteiger partial charge in [0.25, 0.3) is 5.91 Å². The molecule has 0 unspecified atom stereocenters. The number of carbonyl (C=O) groups excluding carboxylic acids is 2. The maximum atomic E-state index is 13.1. The Balaban J connectivity index is 1.67. The van der Waals surface area contributed by atoms with E-state index in [9.17, 15) is 14.0 Å². The highest BCUT2D eigenvalue weighted by atomic mass is 32.1. The minimum Gasteiger partial charge on any atom is -0.452 e. The third kappa shape index (κ3) is 5.02. The number of amides is 1. The van der Waals surface area contributed by atoms with Gasteiger partial charge in [0.15, 0.2) is 6.61 Å². The standard InChI is InChI=1S/C20H20FNO3S/c21-15-9-7-14(8-10-15)12-17(18-6-3-11-26-18)20(24)25-13-19(23)22-16-4-1-2-5-16/h3,6-12,16H,1-2,4-5,13H2,(H,22,23)/b17-12+. The SMILES string of the molecule is O=C(COC(=O)/C(=C/c1ccc(F)cc1)c1cccs1)NC1CCCC1. The topological polar surface area (TPSA) is 55.4 Å². The monoisotopic (exact) mass is 373 g/mol. The lowest BCUT2D eigenvalue weighted by Gasteiger charge is -2.12. The maximum absolute atomic E-state index is 13.1. The summed E-state index contributed by atoms with van der Waals surface area (Å²) in [5.41, 5.74) is 1.03. The number of halogens is 1. The minimum absolute atomic E-state index is 0.188. The van der Waals surface area contributed by atoms with Gasteiger partial charge in [0.1, 0.15) is 5.82 Å². The summed E-state index contributed by atoms with van der Waals surface area (Å²) in [6.45, 7) is -0.304. The van der Waals surface area contributed by atoms with E-state index in [1.54, 1.807) is 24.3 Å². The highest BCUT2D eigenvalue weighted by molar-refractivity contribution is 7.11.